The van der Waals surface area contributed by atoms with Crippen molar-refractivity contribution in [1.82, 2.24) is 0 Å². The third kappa shape index (κ3) is 5.80. The van der Waals surface area contributed by atoms with Gasteiger partial charge in [-0.3, -0.25) is 0 Å². The lowest BCUT2D eigenvalue weighted by molar-refractivity contribution is -0.0162. The zero-order valence-electron chi connectivity index (χ0n) is 6.26. The maximum Gasteiger partial charge on any atom is 0.143 e. The van der Waals surface area contributed by atoms with Gasteiger partial charge < -0.3 is 9.84 Å². The van der Waals surface area contributed by atoms with Gasteiger partial charge in [-0.15, -0.1) is 0 Å². The van der Waals surface area contributed by atoms with E-state index in [0.717, 1.165) is 0 Å². The summed E-state index contributed by atoms with van der Waals surface area (Å²) in [4.78, 5) is 0. The van der Waals surface area contributed by atoms with Gasteiger partial charge in [0.15, 0.2) is 0 Å². The monoisotopic (exact) mass is 132 g/mol. The normalized spacial score (nSPS) is 13.7. The molecule has 0 heterocycles. The average molecular weight is 132 g/mol. The minimum atomic E-state index is -0.145. The van der Waals surface area contributed by atoms with E-state index in [4.69, 9.17) is 9.84 Å². The Morgan fingerprint density at radius 1 is 1.56 bits per heavy atom. The Bertz CT molecular complexity index is 54.9. The SMILES string of the molecule is CCCC(C)COCO. The Kier molecular flexibility index (Phi) is 5.99. The molecule has 2 nitrogen and oxygen atoms in total. The van der Waals surface area contributed by atoms with Crippen LogP contribution in [0.5, 0.6) is 0 Å². The zero-order valence-corrected chi connectivity index (χ0v) is 6.26. The molecule has 0 saturated carbocycles. The van der Waals surface area contributed by atoms with Crippen LogP contribution in [0.3, 0.4) is 0 Å². The van der Waals surface area contributed by atoms with E-state index in [-0.39, 0.29) is 6.79 Å². The van der Waals surface area contributed by atoms with Crippen LogP contribution in [-0.4, -0.2) is 18.5 Å². The van der Waals surface area contributed by atoms with Crippen molar-refractivity contribution < 1.29 is 9.84 Å². The molecule has 0 saturated heterocycles. The maximum atomic E-state index is 8.26. The summed E-state index contributed by atoms with van der Waals surface area (Å²) in [5.74, 6) is 0.585. The third-order valence-corrected chi connectivity index (χ3v) is 1.28. The van der Waals surface area contributed by atoms with Gasteiger partial charge in [-0.05, 0) is 12.3 Å². The Morgan fingerprint density at radius 3 is 2.67 bits per heavy atom. The number of aliphatic hydroxyl groups excluding tert-OH is 1. The summed E-state index contributed by atoms with van der Waals surface area (Å²) < 4.78 is 4.80. The predicted octanol–water partition coefficient (Wildman–Crippen LogP) is 1.39. The summed E-state index contributed by atoms with van der Waals surface area (Å²) in [6.07, 6.45) is 2.37. The molecule has 0 rings (SSSR count). The van der Waals surface area contributed by atoms with Crippen LogP contribution in [0.15, 0.2) is 0 Å². The van der Waals surface area contributed by atoms with Gasteiger partial charge in [0.05, 0.1) is 6.61 Å². The lowest BCUT2D eigenvalue weighted by Crippen LogP contribution is -2.05. The fraction of sp³-hybridized carbons (Fsp3) is 1.00. The van der Waals surface area contributed by atoms with Gasteiger partial charge in [0.25, 0.3) is 0 Å². The second kappa shape index (κ2) is 6.05. The molecule has 0 aliphatic rings. The Balaban J connectivity index is 2.95. The molecule has 9 heavy (non-hydrogen) atoms. The molecule has 0 aliphatic carbocycles. The first kappa shape index (κ1) is 8.92. The number of ether oxygens (including phenoxy) is 1. The molecule has 1 N–H and O–H groups in total. The molecule has 0 fully saturated rings. The van der Waals surface area contributed by atoms with Crippen molar-refractivity contribution in [2.75, 3.05) is 13.4 Å². The molecule has 2 heteroatoms. The molecule has 56 valence electrons. The zero-order chi connectivity index (χ0) is 7.11. The van der Waals surface area contributed by atoms with E-state index in [1.54, 1.807) is 0 Å². The lowest BCUT2D eigenvalue weighted by atomic mass is 10.1. The molecule has 0 spiro atoms. The van der Waals surface area contributed by atoms with Gasteiger partial charge in [0, 0.05) is 0 Å². The smallest absolute Gasteiger partial charge is 0.143 e. The van der Waals surface area contributed by atoms with Crippen molar-refractivity contribution in [2.45, 2.75) is 26.7 Å². The molecule has 0 aromatic heterocycles. The van der Waals surface area contributed by atoms with Crippen molar-refractivity contribution in [3.8, 4) is 0 Å². The van der Waals surface area contributed by atoms with E-state index < -0.39 is 0 Å². The maximum absolute atomic E-state index is 8.26. The van der Waals surface area contributed by atoms with Crippen LogP contribution in [0.4, 0.5) is 0 Å². The highest BCUT2D eigenvalue weighted by Crippen LogP contribution is 2.03. The van der Waals surface area contributed by atoms with E-state index in [0.29, 0.717) is 12.5 Å². The summed E-state index contributed by atoms with van der Waals surface area (Å²) in [6, 6.07) is 0. The third-order valence-electron chi connectivity index (χ3n) is 1.28. The molecular weight excluding hydrogens is 116 g/mol. The average Bonchev–Trinajstić information content (AvgIpc) is 1.85. The Labute approximate surface area is 56.8 Å². The molecule has 0 bridgehead atoms. The van der Waals surface area contributed by atoms with Gasteiger partial charge in [0.2, 0.25) is 0 Å². The summed E-state index contributed by atoms with van der Waals surface area (Å²) in [6.45, 7) is 4.81. The quantitative estimate of drug-likeness (QED) is 0.573. The molecule has 0 amide bonds. The van der Waals surface area contributed by atoms with Crippen LogP contribution in [0, 0.1) is 5.92 Å². The van der Waals surface area contributed by atoms with Crippen molar-refractivity contribution in [2.24, 2.45) is 5.92 Å². The van der Waals surface area contributed by atoms with Crippen LogP contribution >= 0.6 is 0 Å². The van der Waals surface area contributed by atoms with Crippen LogP contribution in [0.2, 0.25) is 0 Å². The summed E-state index contributed by atoms with van der Waals surface area (Å²) in [5.41, 5.74) is 0. The lowest BCUT2D eigenvalue weighted by Gasteiger charge is -2.07. The number of hydrogen-bond acceptors (Lipinski definition) is 2. The van der Waals surface area contributed by atoms with Gasteiger partial charge >= 0.3 is 0 Å². The van der Waals surface area contributed by atoms with Gasteiger partial charge in [-0.2, -0.15) is 0 Å². The van der Waals surface area contributed by atoms with Crippen molar-refractivity contribution >= 4 is 0 Å². The highest BCUT2D eigenvalue weighted by molar-refractivity contribution is 4.47. The van der Waals surface area contributed by atoms with Crippen molar-refractivity contribution in [3.05, 3.63) is 0 Å². The van der Waals surface area contributed by atoms with Crippen LogP contribution < -0.4 is 0 Å². The molecule has 0 aliphatic heterocycles. The number of hydrogen-bond donors (Lipinski definition) is 1. The minimum Gasteiger partial charge on any atom is -0.371 e. The standard InChI is InChI=1S/C7H16O2/c1-3-4-7(2)5-9-6-8/h7-8H,3-6H2,1-2H3. The molecule has 1 unspecified atom stereocenters. The highest BCUT2D eigenvalue weighted by atomic mass is 16.6. The highest BCUT2D eigenvalue weighted by Gasteiger charge is 1.98. The molecule has 0 aromatic carbocycles. The first-order chi connectivity index (χ1) is 4.31. The summed E-state index contributed by atoms with van der Waals surface area (Å²) in [5, 5.41) is 8.26. The fourth-order valence-corrected chi connectivity index (χ4v) is 0.830. The molecule has 1 atom stereocenters. The Morgan fingerprint density at radius 2 is 2.22 bits per heavy atom. The van der Waals surface area contributed by atoms with Crippen LogP contribution in [-0.2, 0) is 4.74 Å². The Hall–Kier alpha value is -0.0800. The molecular formula is C7H16O2. The summed E-state index contributed by atoms with van der Waals surface area (Å²) >= 11 is 0. The van der Waals surface area contributed by atoms with Gasteiger partial charge in [-0.25, -0.2) is 0 Å². The van der Waals surface area contributed by atoms with E-state index in [2.05, 4.69) is 13.8 Å². The predicted molar refractivity (Wildman–Crippen MR) is 37.1 cm³/mol. The largest absolute Gasteiger partial charge is 0.371 e. The minimum absolute atomic E-state index is 0.145. The van der Waals surface area contributed by atoms with Gasteiger partial charge in [-0.1, -0.05) is 20.3 Å². The van der Waals surface area contributed by atoms with Crippen molar-refractivity contribution in [1.29, 1.82) is 0 Å². The van der Waals surface area contributed by atoms with Gasteiger partial charge in [0.1, 0.15) is 6.79 Å². The van der Waals surface area contributed by atoms with E-state index >= 15 is 0 Å². The summed E-state index contributed by atoms with van der Waals surface area (Å²) in [7, 11) is 0. The molecule has 0 radical (unpaired) electrons. The molecule has 0 aromatic rings. The number of aliphatic hydroxyl groups is 1. The first-order valence-electron chi connectivity index (χ1n) is 3.49. The van der Waals surface area contributed by atoms with E-state index in [1.807, 2.05) is 0 Å². The first-order valence-corrected chi connectivity index (χ1v) is 3.49. The van der Waals surface area contributed by atoms with E-state index in [1.165, 1.54) is 12.8 Å². The fourth-order valence-electron chi connectivity index (χ4n) is 0.830. The van der Waals surface area contributed by atoms with Crippen LogP contribution in [0.1, 0.15) is 26.7 Å². The van der Waals surface area contributed by atoms with Crippen LogP contribution in [0.25, 0.3) is 0 Å². The van der Waals surface area contributed by atoms with Crippen molar-refractivity contribution in [3.63, 3.8) is 0 Å². The second-order valence-corrected chi connectivity index (χ2v) is 2.39. The number of rotatable bonds is 5. The van der Waals surface area contributed by atoms with E-state index in [9.17, 15) is 0 Å². The second-order valence-electron chi connectivity index (χ2n) is 2.39. The topological polar surface area (TPSA) is 29.5 Å².